The molecule has 1 aromatic rings. The summed E-state index contributed by atoms with van der Waals surface area (Å²) in [4.78, 5) is 0. The van der Waals surface area contributed by atoms with E-state index >= 15 is 0 Å². The lowest BCUT2D eigenvalue weighted by Gasteiger charge is -2.13. The minimum absolute atomic E-state index is 0.0147. The molecule has 0 amide bonds. The average Bonchev–Trinajstić information content (AvgIpc) is 2.28. The third kappa shape index (κ3) is 4.62. The van der Waals surface area contributed by atoms with Gasteiger partial charge < -0.3 is 15.2 Å². The van der Waals surface area contributed by atoms with Gasteiger partial charge in [0.15, 0.2) is 0 Å². The molecule has 3 nitrogen and oxygen atoms in total. The van der Waals surface area contributed by atoms with Crippen molar-refractivity contribution in [1.29, 1.82) is 0 Å². The normalized spacial score (nSPS) is 11.5. The molecule has 0 heterocycles. The van der Waals surface area contributed by atoms with Crippen molar-refractivity contribution in [2.45, 2.75) is 6.18 Å². The van der Waals surface area contributed by atoms with Gasteiger partial charge in [0.05, 0.1) is 12.2 Å². The molecule has 1 rings (SSSR count). The Bertz CT molecular complexity index is 342. The molecule has 0 aliphatic carbocycles. The zero-order valence-corrected chi connectivity index (χ0v) is 9.13. The van der Waals surface area contributed by atoms with Gasteiger partial charge >= 0.3 is 6.18 Å². The highest BCUT2D eigenvalue weighted by Gasteiger charge is 2.33. The molecule has 0 unspecified atom stereocenters. The standard InChI is InChI=1S/C11H14F3NO2/c12-11(13,14)9-3-1-2-4-10(9)17-8-6-15-5-7-16/h1-4,15-16H,5-8H2. The van der Waals surface area contributed by atoms with Crippen molar-refractivity contribution in [3.8, 4) is 5.75 Å². The van der Waals surface area contributed by atoms with Crippen molar-refractivity contribution in [2.24, 2.45) is 0 Å². The smallest absolute Gasteiger partial charge is 0.419 e. The number of para-hydroxylation sites is 1. The summed E-state index contributed by atoms with van der Waals surface area (Å²) >= 11 is 0. The molecule has 1 aromatic carbocycles. The number of aliphatic hydroxyl groups excluding tert-OH is 1. The van der Waals surface area contributed by atoms with Gasteiger partial charge in [-0.3, -0.25) is 0 Å². The maximum atomic E-state index is 12.5. The molecule has 0 aromatic heterocycles. The number of halogens is 3. The van der Waals surface area contributed by atoms with Crippen molar-refractivity contribution >= 4 is 0 Å². The van der Waals surface area contributed by atoms with Crippen LogP contribution in [0.25, 0.3) is 0 Å². The predicted octanol–water partition coefficient (Wildman–Crippen LogP) is 1.67. The quantitative estimate of drug-likeness (QED) is 0.753. The lowest BCUT2D eigenvalue weighted by molar-refractivity contribution is -0.138. The number of rotatable bonds is 6. The molecule has 0 fully saturated rings. The summed E-state index contributed by atoms with van der Waals surface area (Å²) in [6, 6.07) is 5.08. The molecule has 0 saturated carbocycles. The Morgan fingerprint density at radius 2 is 1.88 bits per heavy atom. The van der Waals surface area contributed by atoms with Crippen LogP contribution in [0.1, 0.15) is 5.56 Å². The van der Waals surface area contributed by atoms with Crippen LogP contribution >= 0.6 is 0 Å². The Hall–Kier alpha value is -1.27. The summed E-state index contributed by atoms with van der Waals surface area (Å²) in [5, 5.41) is 11.3. The zero-order valence-electron chi connectivity index (χ0n) is 9.13. The van der Waals surface area contributed by atoms with Crippen molar-refractivity contribution < 1.29 is 23.0 Å². The minimum atomic E-state index is -4.41. The first kappa shape index (κ1) is 13.8. The number of nitrogens with one attached hydrogen (secondary N) is 1. The van der Waals surface area contributed by atoms with Crippen LogP contribution in [0.3, 0.4) is 0 Å². The lowest BCUT2D eigenvalue weighted by atomic mass is 10.2. The van der Waals surface area contributed by atoms with E-state index in [2.05, 4.69) is 5.32 Å². The van der Waals surface area contributed by atoms with Gasteiger partial charge in [-0.25, -0.2) is 0 Å². The van der Waals surface area contributed by atoms with Gasteiger partial charge in [-0.05, 0) is 12.1 Å². The minimum Gasteiger partial charge on any atom is -0.492 e. The van der Waals surface area contributed by atoms with E-state index in [-0.39, 0.29) is 19.0 Å². The second-order valence-corrected chi connectivity index (χ2v) is 3.32. The van der Waals surface area contributed by atoms with Gasteiger partial charge in [0.1, 0.15) is 12.4 Å². The van der Waals surface area contributed by atoms with Gasteiger partial charge in [0.25, 0.3) is 0 Å². The molecule has 6 heteroatoms. The molecule has 17 heavy (non-hydrogen) atoms. The van der Waals surface area contributed by atoms with Crippen LogP contribution in [0.15, 0.2) is 24.3 Å². The van der Waals surface area contributed by atoms with Crippen LogP contribution in [0.5, 0.6) is 5.75 Å². The Labute approximate surface area is 97.2 Å². The topological polar surface area (TPSA) is 41.5 Å². The van der Waals surface area contributed by atoms with Gasteiger partial charge in [0.2, 0.25) is 0 Å². The van der Waals surface area contributed by atoms with Crippen molar-refractivity contribution in [2.75, 3.05) is 26.3 Å². The second kappa shape index (κ2) is 6.46. The summed E-state index contributed by atoms with van der Waals surface area (Å²) in [7, 11) is 0. The van der Waals surface area contributed by atoms with Gasteiger partial charge in [0, 0.05) is 13.1 Å². The largest absolute Gasteiger partial charge is 0.492 e. The van der Waals surface area contributed by atoms with Crippen LogP contribution in [0, 0.1) is 0 Å². The SMILES string of the molecule is OCCNCCOc1ccccc1C(F)(F)F. The first-order valence-corrected chi connectivity index (χ1v) is 5.16. The summed E-state index contributed by atoms with van der Waals surface area (Å²) in [6.07, 6.45) is -4.41. The monoisotopic (exact) mass is 249 g/mol. The number of alkyl halides is 3. The molecule has 0 aliphatic heterocycles. The van der Waals surface area contributed by atoms with Gasteiger partial charge in [-0.1, -0.05) is 12.1 Å². The fourth-order valence-electron chi connectivity index (χ4n) is 1.26. The molecular formula is C11H14F3NO2. The number of ether oxygens (including phenoxy) is 1. The first-order valence-electron chi connectivity index (χ1n) is 5.16. The Morgan fingerprint density at radius 3 is 2.53 bits per heavy atom. The molecular weight excluding hydrogens is 235 g/mol. The molecule has 0 spiro atoms. The maximum absolute atomic E-state index is 12.5. The molecule has 0 saturated heterocycles. The van der Waals surface area contributed by atoms with E-state index < -0.39 is 11.7 Å². The maximum Gasteiger partial charge on any atom is 0.419 e. The third-order valence-corrected chi connectivity index (χ3v) is 2.02. The van der Waals surface area contributed by atoms with Crippen LogP contribution < -0.4 is 10.1 Å². The Balaban J connectivity index is 2.53. The summed E-state index contributed by atoms with van der Waals surface area (Å²) in [5.74, 6) is -0.175. The third-order valence-electron chi connectivity index (χ3n) is 2.02. The fraction of sp³-hybridized carbons (Fsp3) is 0.455. The van der Waals surface area contributed by atoms with E-state index in [0.29, 0.717) is 13.1 Å². The van der Waals surface area contributed by atoms with E-state index in [0.717, 1.165) is 6.07 Å². The van der Waals surface area contributed by atoms with Crippen molar-refractivity contribution in [3.63, 3.8) is 0 Å². The number of hydrogen-bond donors (Lipinski definition) is 2. The lowest BCUT2D eigenvalue weighted by Crippen LogP contribution is -2.24. The predicted molar refractivity (Wildman–Crippen MR) is 56.9 cm³/mol. The number of hydrogen-bond acceptors (Lipinski definition) is 3. The van der Waals surface area contributed by atoms with Gasteiger partial charge in [-0.2, -0.15) is 13.2 Å². The highest BCUT2D eigenvalue weighted by atomic mass is 19.4. The molecule has 0 radical (unpaired) electrons. The van der Waals surface area contributed by atoms with Crippen LogP contribution in [-0.4, -0.2) is 31.4 Å². The van der Waals surface area contributed by atoms with Crippen molar-refractivity contribution in [3.05, 3.63) is 29.8 Å². The molecule has 96 valence electrons. The summed E-state index contributed by atoms with van der Waals surface area (Å²) in [6.45, 7) is 0.878. The summed E-state index contributed by atoms with van der Waals surface area (Å²) in [5.41, 5.74) is -0.776. The molecule has 0 atom stereocenters. The summed E-state index contributed by atoms with van der Waals surface area (Å²) < 4.78 is 42.7. The molecule has 0 aliphatic rings. The van der Waals surface area contributed by atoms with E-state index in [1.165, 1.54) is 18.2 Å². The average molecular weight is 249 g/mol. The molecule has 0 bridgehead atoms. The second-order valence-electron chi connectivity index (χ2n) is 3.32. The Morgan fingerprint density at radius 1 is 1.18 bits per heavy atom. The van der Waals surface area contributed by atoms with E-state index in [1.54, 1.807) is 0 Å². The Kier molecular flexibility index (Phi) is 5.24. The van der Waals surface area contributed by atoms with E-state index in [9.17, 15) is 13.2 Å². The highest BCUT2D eigenvalue weighted by molar-refractivity contribution is 5.35. The molecule has 2 N–H and O–H groups in total. The van der Waals surface area contributed by atoms with Gasteiger partial charge in [-0.15, -0.1) is 0 Å². The number of aliphatic hydroxyl groups is 1. The first-order chi connectivity index (χ1) is 8.05. The van der Waals surface area contributed by atoms with Crippen LogP contribution in [-0.2, 0) is 6.18 Å². The van der Waals surface area contributed by atoms with Crippen LogP contribution in [0.4, 0.5) is 13.2 Å². The fourth-order valence-corrected chi connectivity index (χ4v) is 1.26. The van der Waals surface area contributed by atoms with Crippen LogP contribution in [0.2, 0.25) is 0 Å². The van der Waals surface area contributed by atoms with Crippen molar-refractivity contribution in [1.82, 2.24) is 5.32 Å². The zero-order chi connectivity index (χ0) is 12.7. The van der Waals surface area contributed by atoms with E-state index in [4.69, 9.17) is 9.84 Å². The number of benzene rings is 1. The van der Waals surface area contributed by atoms with E-state index in [1.807, 2.05) is 0 Å². The highest BCUT2D eigenvalue weighted by Crippen LogP contribution is 2.35.